The molecule has 0 amide bonds. The summed E-state index contributed by atoms with van der Waals surface area (Å²) in [5, 5.41) is 4.37. The van der Waals surface area contributed by atoms with Crippen LogP contribution in [0.4, 0.5) is 0 Å². The summed E-state index contributed by atoms with van der Waals surface area (Å²) < 4.78 is 1.95. The van der Waals surface area contributed by atoms with Crippen LogP contribution < -0.4 is 5.73 Å². The van der Waals surface area contributed by atoms with Gasteiger partial charge < -0.3 is 5.73 Å². The lowest BCUT2D eigenvalue weighted by atomic mass is 10.0. The maximum absolute atomic E-state index is 5.82. The smallest absolute Gasteiger partial charge is 0.0597 e. The van der Waals surface area contributed by atoms with Gasteiger partial charge in [0.25, 0.3) is 0 Å². The zero-order chi connectivity index (χ0) is 12.3. The standard InChI is InChI=1S/C12H24N4/c1-6-16(12(3,4)9-13)8-11-7-10(2)14-15(11)5/h7H,6,8-9,13H2,1-5H3. The average molecular weight is 224 g/mol. The van der Waals surface area contributed by atoms with Crippen molar-refractivity contribution >= 4 is 0 Å². The van der Waals surface area contributed by atoms with Gasteiger partial charge in [-0.25, -0.2) is 0 Å². The Morgan fingerprint density at radius 1 is 1.50 bits per heavy atom. The molecule has 0 spiro atoms. The topological polar surface area (TPSA) is 47.1 Å². The third-order valence-electron chi connectivity index (χ3n) is 3.19. The van der Waals surface area contributed by atoms with E-state index in [9.17, 15) is 0 Å². The fourth-order valence-electron chi connectivity index (χ4n) is 1.89. The largest absolute Gasteiger partial charge is 0.329 e. The van der Waals surface area contributed by atoms with Gasteiger partial charge in [0.1, 0.15) is 0 Å². The molecule has 1 heterocycles. The molecule has 0 unspecified atom stereocenters. The Bertz CT molecular complexity index is 341. The highest BCUT2D eigenvalue weighted by atomic mass is 15.3. The Balaban J connectivity index is 2.82. The second-order valence-corrected chi connectivity index (χ2v) is 4.93. The highest BCUT2D eigenvalue weighted by molar-refractivity contribution is 5.09. The number of hydrogen-bond donors (Lipinski definition) is 1. The van der Waals surface area contributed by atoms with Gasteiger partial charge in [-0.05, 0) is 33.4 Å². The number of aromatic nitrogens is 2. The molecule has 0 aliphatic rings. The van der Waals surface area contributed by atoms with Crippen LogP contribution in [-0.2, 0) is 13.6 Å². The van der Waals surface area contributed by atoms with Gasteiger partial charge >= 0.3 is 0 Å². The normalized spacial score (nSPS) is 12.4. The maximum atomic E-state index is 5.82. The van der Waals surface area contributed by atoms with Gasteiger partial charge in [-0.2, -0.15) is 5.10 Å². The minimum atomic E-state index is 0.0346. The molecule has 1 rings (SSSR count). The molecule has 0 bridgehead atoms. The fourth-order valence-corrected chi connectivity index (χ4v) is 1.89. The van der Waals surface area contributed by atoms with Crippen LogP contribution in [0.1, 0.15) is 32.2 Å². The molecule has 0 saturated heterocycles. The number of rotatable bonds is 5. The second-order valence-electron chi connectivity index (χ2n) is 4.93. The van der Waals surface area contributed by atoms with Crippen LogP contribution in [0, 0.1) is 6.92 Å². The van der Waals surface area contributed by atoms with Gasteiger partial charge in [0.2, 0.25) is 0 Å². The first-order valence-electron chi connectivity index (χ1n) is 5.85. The Hall–Kier alpha value is -0.870. The van der Waals surface area contributed by atoms with Crippen molar-refractivity contribution in [2.24, 2.45) is 12.8 Å². The van der Waals surface area contributed by atoms with Crippen LogP contribution in [0.2, 0.25) is 0 Å². The molecule has 0 aliphatic heterocycles. The van der Waals surface area contributed by atoms with Gasteiger partial charge in [0.15, 0.2) is 0 Å². The summed E-state index contributed by atoms with van der Waals surface area (Å²) in [6.45, 7) is 11.1. The maximum Gasteiger partial charge on any atom is 0.0597 e. The van der Waals surface area contributed by atoms with Crippen molar-refractivity contribution in [1.82, 2.24) is 14.7 Å². The molecular formula is C12H24N4. The SMILES string of the molecule is CCN(Cc1cc(C)nn1C)C(C)(C)CN. The van der Waals surface area contributed by atoms with Crippen LogP contribution >= 0.6 is 0 Å². The molecule has 16 heavy (non-hydrogen) atoms. The fraction of sp³-hybridized carbons (Fsp3) is 0.750. The van der Waals surface area contributed by atoms with Crippen LogP contribution in [0.15, 0.2) is 6.07 Å². The Labute approximate surface area is 98.4 Å². The molecule has 0 saturated carbocycles. The summed E-state index contributed by atoms with van der Waals surface area (Å²) in [6.07, 6.45) is 0. The number of likely N-dealkylation sites (N-methyl/N-ethyl adjacent to an activating group) is 1. The van der Waals surface area contributed by atoms with Crippen molar-refractivity contribution in [2.75, 3.05) is 13.1 Å². The highest BCUT2D eigenvalue weighted by Gasteiger charge is 2.24. The van der Waals surface area contributed by atoms with E-state index in [2.05, 4.69) is 36.8 Å². The lowest BCUT2D eigenvalue weighted by Crippen LogP contribution is -2.48. The molecule has 0 fully saturated rings. The first kappa shape index (κ1) is 13.2. The molecule has 2 N–H and O–H groups in total. The summed E-state index contributed by atoms with van der Waals surface area (Å²) >= 11 is 0. The third kappa shape index (κ3) is 2.83. The van der Waals surface area contributed by atoms with Gasteiger partial charge in [-0.1, -0.05) is 6.92 Å². The van der Waals surface area contributed by atoms with Crippen molar-refractivity contribution in [2.45, 2.75) is 39.8 Å². The van der Waals surface area contributed by atoms with E-state index in [0.717, 1.165) is 18.8 Å². The number of aryl methyl sites for hydroxylation is 2. The Morgan fingerprint density at radius 2 is 2.12 bits per heavy atom. The molecule has 4 heteroatoms. The van der Waals surface area contributed by atoms with Crippen LogP contribution in [-0.4, -0.2) is 33.3 Å². The third-order valence-corrected chi connectivity index (χ3v) is 3.19. The Morgan fingerprint density at radius 3 is 2.50 bits per heavy atom. The molecule has 92 valence electrons. The van der Waals surface area contributed by atoms with Gasteiger partial charge in [0, 0.05) is 25.7 Å². The minimum absolute atomic E-state index is 0.0346. The van der Waals surface area contributed by atoms with E-state index >= 15 is 0 Å². The molecule has 1 aromatic heterocycles. The van der Waals surface area contributed by atoms with Gasteiger partial charge in [-0.3, -0.25) is 9.58 Å². The molecule has 0 aliphatic carbocycles. The van der Waals surface area contributed by atoms with Gasteiger partial charge in [0.05, 0.1) is 11.4 Å². The summed E-state index contributed by atoms with van der Waals surface area (Å²) in [6, 6.07) is 2.13. The zero-order valence-electron chi connectivity index (χ0n) is 11.1. The van der Waals surface area contributed by atoms with E-state index in [4.69, 9.17) is 5.73 Å². The summed E-state index contributed by atoms with van der Waals surface area (Å²) in [4.78, 5) is 2.38. The van der Waals surface area contributed by atoms with Crippen molar-refractivity contribution < 1.29 is 0 Å². The zero-order valence-corrected chi connectivity index (χ0v) is 11.1. The molecule has 0 aromatic carbocycles. The number of nitrogens with zero attached hydrogens (tertiary/aromatic N) is 3. The highest BCUT2D eigenvalue weighted by Crippen LogP contribution is 2.16. The van der Waals surface area contributed by atoms with Crippen molar-refractivity contribution in [3.05, 3.63) is 17.5 Å². The predicted molar refractivity (Wildman–Crippen MR) is 67.2 cm³/mol. The van der Waals surface area contributed by atoms with E-state index in [0.29, 0.717) is 6.54 Å². The van der Waals surface area contributed by atoms with Crippen LogP contribution in [0.3, 0.4) is 0 Å². The minimum Gasteiger partial charge on any atom is -0.329 e. The van der Waals surface area contributed by atoms with E-state index in [1.54, 1.807) is 0 Å². The Kier molecular flexibility index (Phi) is 4.10. The number of hydrogen-bond acceptors (Lipinski definition) is 3. The summed E-state index contributed by atoms with van der Waals surface area (Å²) in [5.74, 6) is 0. The molecule has 4 nitrogen and oxygen atoms in total. The van der Waals surface area contributed by atoms with E-state index in [1.807, 2.05) is 18.7 Å². The lowest BCUT2D eigenvalue weighted by Gasteiger charge is -2.36. The molecule has 0 radical (unpaired) electrons. The van der Waals surface area contributed by atoms with E-state index in [1.165, 1.54) is 5.69 Å². The van der Waals surface area contributed by atoms with Crippen LogP contribution in [0.5, 0.6) is 0 Å². The van der Waals surface area contributed by atoms with Crippen molar-refractivity contribution in [1.29, 1.82) is 0 Å². The molecule has 1 aromatic rings. The summed E-state index contributed by atoms with van der Waals surface area (Å²) in [7, 11) is 1.99. The first-order valence-corrected chi connectivity index (χ1v) is 5.85. The quantitative estimate of drug-likeness (QED) is 0.820. The number of nitrogens with two attached hydrogens (primary N) is 1. The second kappa shape index (κ2) is 4.97. The van der Waals surface area contributed by atoms with Crippen molar-refractivity contribution in [3.63, 3.8) is 0 Å². The average Bonchev–Trinajstić information content (AvgIpc) is 2.53. The van der Waals surface area contributed by atoms with E-state index < -0.39 is 0 Å². The van der Waals surface area contributed by atoms with E-state index in [-0.39, 0.29) is 5.54 Å². The molecule has 0 atom stereocenters. The van der Waals surface area contributed by atoms with Crippen LogP contribution in [0.25, 0.3) is 0 Å². The monoisotopic (exact) mass is 224 g/mol. The predicted octanol–water partition coefficient (Wildman–Crippen LogP) is 1.29. The lowest BCUT2D eigenvalue weighted by molar-refractivity contribution is 0.122. The first-order chi connectivity index (χ1) is 7.40. The summed E-state index contributed by atoms with van der Waals surface area (Å²) in [5.41, 5.74) is 8.16. The van der Waals surface area contributed by atoms with Gasteiger partial charge in [-0.15, -0.1) is 0 Å². The molecular weight excluding hydrogens is 200 g/mol. The van der Waals surface area contributed by atoms with Crippen molar-refractivity contribution in [3.8, 4) is 0 Å².